The van der Waals surface area contributed by atoms with Crippen LogP contribution in [0.2, 0.25) is 0 Å². The number of hydrogen-bond donors (Lipinski definition) is 2. The fourth-order valence-electron chi connectivity index (χ4n) is 1.33. The van der Waals surface area contributed by atoms with Crippen LogP contribution in [0.5, 0.6) is 5.88 Å². The van der Waals surface area contributed by atoms with Gasteiger partial charge in [0, 0.05) is 18.5 Å². The highest BCUT2D eigenvalue weighted by molar-refractivity contribution is 5.74. The van der Waals surface area contributed by atoms with Crippen molar-refractivity contribution in [3.05, 3.63) is 12.4 Å². The van der Waals surface area contributed by atoms with Crippen LogP contribution in [0.4, 0.5) is 5.82 Å². The minimum Gasteiger partial charge on any atom is -0.475 e. The van der Waals surface area contributed by atoms with Gasteiger partial charge in [-0.15, -0.1) is 0 Å². The number of nitrogens with two attached hydrogens (primary N) is 1. The van der Waals surface area contributed by atoms with Gasteiger partial charge < -0.3 is 15.8 Å². The second-order valence-electron chi connectivity index (χ2n) is 4.12. The van der Waals surface area contributed by atoms with E-state index in [-0.39, 0.29) is 24.5 Å². The summed E-state index contributed by atoms with van der Waals surface area (Å²) in [6, 6.07) is 1.62. The summed E-state index contributed by atoms with van der Waals surface area (Å²) in [7, 11) is 0. The third-order valence-corrected chi connectivity index (χ3v) is 1.90. The van der Waals surface area contributed by atoms with Crippen molar-refractivity contribution in [3.63, 3.8) is 0 Å². The van der Waals surface area contributed by atoms with Crippen LogP contribution >= 0.6 is 0 Å². The number of ether oxygens (including phenoxy) is 1. The summed E-state index contributed by atoms with van der Waals surface area (Å²) in [6.07, 6.45) is 1.72. The third-order valence-electron chi connectivity index (χ3n) is 1.90. The Kier molecular flexibility index (Phi) is 4.68. The van der Waals surface area contributed by atoms with Crippen molar-refractivity contribution in [1.82, 2.24) is 9.97 Å². The smallest absolute Gasteiger partial charge is 0.219 e. The predicted octanol–water partition coefficient (Wildman–Crippen LogP) is 0.940. The normalized spacial score (nSPS) is 12.2. The fraction of sp³-hybridized carbons (Fsp3) is 0.545. The molecule has 94 valence electrons. The number of carbonyl (C=O) groups excluding carboxylic acids is 1. The zero-order valence-corrected chi connectivity index (χ0v) is 10.3. The number of nitrogens with zero attached hydrogens (tertiary/aromatic N) is 2. The summed E-state index contributed by atoms with van der Waals surface area (Å²) in [5.74, 6) is 0.769. The molecule has 0 bridgehead atoms. The maximum Gasteiger partial charge on any atom is 0.219 e. The summed E-state index contributed by atoms with van der Waals surface area (Å²) < 4.78 is 5.43. The molecule has 6 nitrogen and oxygen atoms in total. The van der Waals surface area contributed by atoms with Crippen LogP contribution in [0.15, 0.2) is 12.4 Å². The van der Waals surface area contributed by atoms with Crippen molar-refractivity contribution in [2.75, 3.05) is 5.32 Å². The van der Waals surface area contributed by atoms with Gasteiger partial charge in [-0.05, 0) is 20.8 Å². The van der Waals surface area contributed by atoms with Crippen molar-refractivity contribution >= 4 is 11.7 Å². The van der Waals surface area contributed by atoms with Gasteiger partial charge >= 0.3 is 0 Å². The highest BCUT2D eigenvalue weighted by atomic mass is 16.5. The Morgan fingerprint density at radius 2 is 2.18 bits per heavy atom. The van der Waals surface area contributed by atoms with Crippen LogP contribution in [0, 0.1) is 0 Å². The predicted molar refractivity (Wildman–Crippen MR) is 64.7 cm³/mol. The lowest BCUT2D eigenvalue weighted by molar-refractivity contribution is -0.118. The Labute approximate surface area is 101 Å². The van der Waals surface area contributed by atoms with Crippen LogP contribution < -0.4 is 15.8 Å². The molecule has 0 saturated carbocycles. The number of hydrogen-bond acceptors (Lipinski definition) is 5. The van der Waals surface area contributed by atoms with Crippen molar-refractivity contribution in [2.24, 2.45) is 5.73 Å². The van der Waals surface area contributed by atoms with E-state index >= 15 is 0 Å². The van der Waals surface area contributed by atoms with Crippen LogP contribution in [0.25, 0.3) is 0 Å². The molecule has 0 aliphatic heterocycles. The Morgan fingerprint density at radius 1 is 1.47 bits per heavy atom. The molecule has 1 aromatic heterocycles. The van der Waals surface area contributed by atoms with Gasteiger partial charge in [-0.25, -0.2) is 9.97 Å². The van der Waals surface area contributed by atoms with E-state index in [1.807, 2.05) is 20.8 Å². The number of primary amides is 1. The summed E-state index contributed by atoms with van der Waals surface area (Å²) in [5, 5.41) is 3.05. The number of amides is 1. The number of rotatable bonds is 6. The molecule has 1 amide bonds. The van der Waals surface area contributed by atoms with Crippen LogP contribution in [-0.4, -0.2) is 28.0 Å². The van der Waals surface area contributed by atoms with E-state index in [2.05, 4.69) is 15.3 Å². The zero-order valence-electron chi connectivity index (χ0n) is 10.3. The van der Waals surface area contributed by atoms with Crippen LogP contribution in [0.3, 0.4) is 0 Å². The zero-order chi connectivity index (χ0) is 12.8. The molecule has 6 heteroatoms. The molecule has 0 aliphatic rings. The quantitative estimate of drug-likeness (QED) is 0.769. The van der Waals surface area contributed by atoms with Crippen molar-refractivity contribution in [3.8, 4) is 5.88 Å². The molecule has 1 heterocycles. The van der Waals surface area contributed by atoms with Crippen LogP contribution in [0.1, 0.15) is 27.2 Å². The number of nitrogens with one attached hydrogen (secondary N) is 1. The number of anilines is 1. The molecule has 0 saturated heterocycles. The Bertz CT molecular complexity index is 381. The third kappa shape index (κ3) is 5.14. The second-order valence-corrected chi connectivity index (χ2v) is 4.12. The molecule has 17 heavy (non-hydrogen) atoms. The molecule has 1 unspecified atom stereocenters. The first-order valence-corrected chi connectivity index (χ1v) is 5.51. The molecule has 3 N–H and O–H groups in total. The maximum atomic E-state index is 10.7. The van der Waals surface area contributed by atoms with Crippen molar-refractivity contribution in [2.45, 2.75) is 39.3 Å². The molecule has 0 spiro atoms. The monoisotopic (exact) mass is 238 g/mol. The van der Waals surface area contributed by atoms with Gasteiger partial charge in [0.05, 0.1) is 6.10 Å². The van der Waals surface area contributed by atoms with Gasteiger partial charge in [-0.3, -0.25) is 4.79 Å². The van der Waals surface area contributed by atoms with Crippen LogP contribution in [-0.2, 0) is 4.79 Å². The summed E-state index contributed by atoms with van der Waals surface area (Å²) in [4.78, 5) is 18.8. The molecule has 1 rings (SSSR count). The standard InChI is InChI=1S/C11H18N4O2/c1-7(2)17-11-5-10(13-6-14-11)15-8(3)4-9(12)16/h5-8H,4H2,1-3H3,(H2,12,16)(H,13,14,15). The number of aromatic nitrogens is 2. The first-order valence-electron chi connectivity index (χ1n) is 5.51. The van der Waals surface area contributed by atoms with E-state index in [9.17, 15) is 4.79 Å². The molecule has 1 aromatic rings. The van der Waals surface area contributed by atoms with E-state index in [0.29, 0.717) is 11.7 Å². The minimum atomic E-state index is -0.349. The first kappa shape index (κ1) is 13.2. The van der Waals surface area contributed by atoms with Crippen molar-refractivity contribution in [1.29, 1.82) is 0 Å². The topological polar surface area (TPSA) is 90.1 Å². The van der Waals surface area contributed by atoms with Gasteiger partial charge in [-0.2, -0.15) is 0 Å². The SMILES string of the molecule is CC(CC(N)=O)Nc1cc(OC(C)C)ncn1. The fourth-order valence-corrected chi connectivity index (χ4v) is 1.33. The largest absolute Gasteiger partial charge is 0.475 e. The highest BCUT2D eigenvalue weighted by Crippen LogP contribution is 2.13. The second kappa shape index (κ2) is 6.03. The molecule has 1 atom stereocenters. The summed E-state index contributed by atoms with van der Waals surface area (Å²) in [6.45, 7) is 5.70. The highest BCUT2D eigenvalue weighted by Gasteiger charge is 2.08. The van der Waals surface area contributed by atoms with E-state index in [0.717, 1.165) is 0 Å². The first-order chi connectivity index (χ1) is 7.97. The minimum absolute atomic E-state index is 0.0563. The van der Waals surface area contributed by atoms with Gasteiger partial charge in [0.2, 0.25) is 11.8 Å². The van der Waals surface area contributed by atoms with E-state index in [4.69, 9.17) is 10.5 Å². The van der Waals surface area contributed by atoms with Gasteiger partial charge in [-0.1, -0.05) is 0 Å². The molecular weight excluding hydrogens is 220 g/mol. The summed E-state index contributed by atoms with van der Waals surface area (Å²) >= 11 is 0. The number of carbonyl (C=O) groups is 1. The van der Waals surface area contributed by atoms with E-state index in [1.54, 1.807) is 6.07 Å². The molecule has 0 fully saturated rings. The average Bonchev–Trinajstić information content (AvgIpc) is 2.14. The Hall–Kier alpha value is -1.85. The molecule has 0 aromatic carbocycles. The van der Waals surface area contributed by atoms with Gasteiger partial charge in [0.15, 0.2) is 0 Å². The maximum absolute atomic E-state index is 10.7. The molecule has 0 aliphatic carbocycles. The summed E-state index contributed by atoms with van der Waals surface area (Å²) in [5.41, 5.74) is 5.11. The Balaban J connectivity index is 2.62. The average molecular weight is 238 g/mol. The lowest BCUT2D eigenvalue weighted by Gasteiger charge is -2.13. The van der Waals surface area contributed by atoms with Gasteiger partial charge in [0.1, 0.15) is 12.1 Å². The molecule has 0 radical (unpaired) electrons. The van der Waals surface area contributed by atoms with E-state index < -0.39 is 0 Å². The Morgan fingerprint density at radius 3 is 2.76 bits per heavy atom. The molecular formula is C11H18N4O2. The van der Waals surface area contributed by atoms with Gasteiger partial charge in [0.25, 0.3) is 0 Å². The van der Waals surface area contributed by atoms with E-state index in [1.165, 1.54) is 6.33 Å². The lowest BCUT2D eigenvalue weighted by atomic mass is 10.2. The lowest BCUT2D eigenvalue weighted by Crippen LogP contribution is -2.24. The van der Waals surface area contributed by atoms with Crippen molar-refractivity contribution < 1.29 is 9.53 Å².